The summed E-state index contributed by atoms with van der Waals surface area (Å²) in [7, 11) is 3.87. The second-order valence-corrected chi connectivity index (χ2v) is 9.61. The van der Waals surface area contributed by atoms with Gasteiger partial charge < -0.3 is 15.5 Å². The van der Waals surface area contributed by atoms with E-state index in [9.17, 15) is 9.59 Å². The third-order valence-corrected chi connectivity index (χ3v) is 6.46. The number of ketones is 1. The van der Waals surface area contributed by atoms with Crippen molar-refractivity contribution >= 4 is 17.5 Å². The molecule has 37 heavy (non-hydrogen) atoms. The molecule has 0 aromatic heterocycles. The summed E-state index contributed by atoms with van der Waals surface area (Å²) in [5.74, 6) is 0.151. The van der Waals surface area contributed by atoms with E-state index in [4.69, 9.17) is 0 Å². The Hall–Kier alpha value is -3.48. The molecule has 0 bridgehead atoms. The van der Waals surface area contributed by atoms with Crippen molar-refractivity contribution < 1.29 is 9.59 Å². The molecule has 0 aliphatic rings. The molecule has 0 heterocycles. The van der Waals surface area contributed by atoms with Gasteiger partial charge in [0, 0.05) is 18.2 Å². The molecule has 0 saturated carbocycles. The molecule has 2 amide bonds. The van der Waals surface area contributed by atoms with Crippen LogP contribution in [0.4, 0.5) is 10.5 Å². The van der Waals surface area contributed by atoms with E-state index in [-0.39, 0.29) is 24.3 Å². The van der Waals surface area contributed by atoms with Crippen molar-refractivity contribution in [2.45, 2.75) is 25.7 Å². The highest BCUT2D eigenvalue weighted by Gasteiger charge is 2.22. The van der Waals surface area contributed by atoms with E-state index in [1.54, 1.807) is 4.90 Å². The lowest BCUT2D eigenvalue weighted by molar-refractivity contribution is -0.120. The Labute approximate surface area is 221 Å². The molecule has 3 aromatic rings. The van der Waals surface area contributed by atoms with Crippen LogP contribution in [0.2, 0.25) is 0 Å². The lowest BCUT2D eigenvalue weighted by Crippen LogP contribution is -2.42. The fourth-order valence-electron chi connectivity index (χ4n) is 4.44. The van der Waals surface area contributed by atoms with Crippen LogP contribution in [0.25, 0.3) is 0 Å². The average molecular weight is 501 g/mol. The third kappa shape index (κ3) is 9.48. The lowest BCUT2D eigenvalue weighted by atomic mass is 9.88. The Morgan fingerprint density at radius 2 is 1.41 bits per heavy atom. The number of nitrogens with one attached hydrogen (secondary N) is 2. The number of carbonyl (C=O) groups is 2. The monoisotopic (exact) mass is 500 g/mol. The van der Waals surface area contributed by atoms with Gasteiger partial charge in [-0.3, -0.25) is 9.69 Å². The van der Waals surface area contributed by atoms with E-state index in [0.29, 0.717) is 19.5 Å². The van der Waals surface area contributed by atoms with E-state index in [0.717, 1.165) is 30.8 Å². The molecule has 0 aliphatic heterocycles. The summed E-state index contributed by atoms with van der Waals surface area (Å²) in [6.07, 6.45) is 1.67. The molecule has 0 atom stereocenters. The number of anilines is 1. The van der Waals surface area contributed by atoms with Crippen LogP contribution in [-0.4, -0.2) is 68.4 Å². The number of hydrogen-bond acceptors (Lipinski definition) is 4. The summed E-state index contributed by atoms with van der Waals surface area (Å²) < 4.78 is 0. The maximum atomic E-state index is 13.4. The van der Waals surface area contributed by atoms with Crippen molar-refractivity contribution in [2.75, 3.05) is 52.1 Å². The summed E-state index contributed by atoms with van der Waals surface area (Å²) in [5, 5.41) is 6.12. The number of urea groups is 1. The van der Waals surface area contributed by atoms with Crippen molar-refractivity contribution in [1.82, 2.24) is 15.1 Å². The second-order valence-electron chi connectivity index (χ2n) is 9.61. The van der Waals surface area contributed by atoms with E-state index >= 15 is 0 Å². The van der Waals surface area contributed by atoms with E-state index in [1.807, 2.05) is 86.6 Å². The third-order valence-electron chi connectivity index (χ3n) is 6.46. The maximum absolute atomic E-state index is 13.4. The quantitative estimate of drug-likeness (QED) is 0.300. The number of nitrogens with zero attached hydrogens (tertiary/aromatic N) is 2. The molecule has 0 saturated heterocycles. The van der Waals surface area contributed by atoms with Gasteiger partial charge in [-0.05, 0) is 70.2 Å². The van der Waals surface area contributed by atoms with Crippen LogP contribution in [0, 0.1) is 6.92 Å². The predicted molar refractivity (Wildman–Crippen MR) is 152 cm³/mol. The van der Waals surface area contributed by atoms with Crippen LogP contribution < -0.4 is 10.6 Å². The first-order valence-electron chi connectivity index (χ1n) is 13.0. The van der Waals surface area contributed by atoms with Crippen LogP contribution in [0.1, 0.15) is 35.4 Å². The molecule has 6 heteroatoms. The van der Waals surface area contributed by atoms with Crippen molar-refractivity contribution in [1.29, 1.82) is 0 Å². The normalized spacial score (nSPS) is 11.1. The number of benzene rings is 3. The minimum atomic E-state index is -0.255. The highest BCUT2D eigenvalue weighted by Crippen LogP contribution is 2.28. The lowest BCUT2D eigenvalue weighted by Gasteiger charge is -2.27. The standard InChI is InChI=1S/C31H40N4O2/c1-25-15-17-28(18-16-25)33-31(37)35(24-29(36)23-34(3)21-10-20-32-2)22-19-30(26-11-6-4-7-12-26)27-13-8-5-9-14-27/h4-9,11-18,30,32H,10,19-24H2,1-3H3,(H,33,37). The average Bonchev–Trinajstić information content (AvgIpc) is 2.90. The summed E-state index contributed by atoms with van der Waals surface area (Å²) in [5.41, 5.74) is 4.24. The number of likely N-dealkylation sites (N-methyl/N-ethyl adjacent to an activating group) is 1. The number of carbonyl (C=O) groups excluding carboxylic acids is 2. The van der Waals surface area contributed by atoms with Crippen LogP contribution in [0.5, 0.6) is 0 Å². The summed E-state index contributed by atoms with van der Waals surface area (Å²) in [6, 6.07) is 28.1. The van der Waals surface area contributed by atoms with Gasteiger partial charge in [0.15, 0.2) is 5.78 Å². The topological polar surface area (TPSA) is 64.7 Å². The zero-order valence-electron chi connectivity index (χ0n) is 22.3. The van der Waals surface area contributed by atoms with Crippen molar-refractivity contribution in [2.24, 2.45) is 0 Å². The summed E-state index contributed by atoms with van der Waals surface area (Å²) in [6.45, 7) is 4.59. The molecule has 0 aliphatic carbocycles. The van der Waals surface area contributed by atoms with Crippen LogP contribution in [0.3, 0.4) is 0 Å². The smallest absolute Gasteiger partial charge is 0.320 e. The van der Waals surface area contributed by atoms with Crippen LogP contribution in [0.15, 0.2) is 84.9 Å². The first kappa shape index (κ1) is 28.1. The Bertz CT molecular complexity index is 1050. The Morgan fingerprint density at radius 3 is 1.97 bits per heavy atom. The van der Waals surface area contributed by atoms with E-state index < -0.39 is 0 Å². The Kier molecular flexibility index (Phi) is 11.3. The predicted octanol–water partition coefficient (Wildman–Crippen LogP) is 5.16. The first-order valence-corrected chi connectivity index (χ1v) is 13.0. The van der Waals surface area contributed by atoms with E-state index in [2.05, 4.69) is 34.9 Å². The maximum Gasteiger partial charge on any atom is 0.322 e. The van der Waals surface area contributed by atoms with Gasteiger partial charge >= 0.3 is 6.03 Å². The largest absolute Gasteiger partial charge is 0.322 e. The second kappa shape index (κ2) is 14.9. The van der Waals surface area contributed by atoms with Gasteiger partial charge in [0.2, 0.25) is 0 Å². The van der Waals surface area contributed by atoms with Crippen LogP contribution >= 0.6 is 0 Å². The van der Waals surface area contributed by atoms with Crippen LogP contribution in [-0.2, 0) is 4.79 Å². The molecule has 0 spiro atoms. The number of amides is 2. The highest BCUT2D eigenvalue weighted by molar-refractivity contribution is 5.93. The van der Waals surface area contributed by atoms with Gasteiger partial charge in [-0.25, -0.2) is 4.79 Å². The van der Waals surface area contributed by atoms with Gasteiger partial charge in [0.1, 0.15) is 0 Å². The van der Waals surface area contributed by atoms with Crippen molar-refractivity contribution in [3.63, 3.8) is 0 Å². The minimum Gasteiger partial charge on any atom is -0.320 e. The molecule has 3 rings (SSSR count). The number of rotatable bonds is 14. The molecular weight excluding hydrogens is 460 g/mol. The molecule has 0 unspecified atom stereocenters. The zero-order chi connectivity index (χ0) is 26.5. The Morgan fingerprint density at radius 1 is 0.811 bits per heavy atom. The SMILES string of the molecule is CNCCCN(C)CC(=O)CN(CCC(c1ccccc1)c1ccccc1)C(=O)Nc1ccc(C)cc1. The molecular formula is C31H40N4O2. The Balaban J connectivity index is 1.74. The number of Topliss-reactive ketones (excluding diaryl/α,β-unsaturated/α-hetero) is 1. The van der Waals surface area contributed by atoms with Crippen molar-refractivity contribution in [3.8, 4) is 0 Å². The first-order chi connectivity index (χ1) is 18.0. The minimum absolute atomic E-state index is 0.0296. The number of aryl methyl sites for hydroxylation is 1. The molecule has 6 nitrogen and oxygen atoms in total. The van der Waals surface area contributed by atoms with Gasteiger partial charge in [-0.1, -0.05) is 78.4 Å². The molecule has 0 radical (unpaired) electrons. The van der Waals surface area contributed by atoms with Gasteiger partial charge in [-0.2, -0.15) is 0 Å². The fraction of sp³-hybridized carbons (Fsp3) is 0.355. The van der Waals surface area contributed by atoms with Gasteiger partial charge in [-0.15, -0.1) is 0 Å². The molecule has 0 fully saturated rings. The van der Waals surface area contributed by atoms with Crippen molar-refractivity contribution in [3.05, 3.63) is 102 Å². The summed E-state index contributed by atoms with van der Waals surface area (Å²) >= 11 is 0. The summed E-state index contributed by atoms with van der Waals surface area (Å²) in [4.78, 5) is 30.0. The molecule has 2 N–H and O–H groups in total. The van der Waals surface area contributed by atoms with E-state index in [1.165, 1.54) is 11.1 Å². The van der Waals surface area contributed by atoms with Gasteiger partial charge in [0.25, 0.3) is 0 Å². The number of hydrogen-bond donors (Lipinski definition) is 2. The van der Waals surface area contributed by atoms with Gasteiger partial charge in [0.05, 0.1) is 13.1 Å². The zero-order valence-corrected chi connectivity index (χ0v) is 22.3. The fourth-order valence-corrected chi connectivity index (χ4v) is 4.44. The molecule has 196 valence electrons. The highest BCUT2D eigenvalue weighted by atomic mass is 16.2. The molecule has 3 aromatic carbocycles.